The molecule has 0 amide bonds. The highest BCUT2D eigenvalue weighted by molar-refractivity contribution is 4.84. The van der Waals surface area contributed by atoms with Crippen LogP contribution in [0.25, 0.3) is 0 Å². The molecular formula is C11H22NO. The predicted molar refractivity (Wildman–Crippen MR) is 55.2 cm³/mol. The lowest BCUT2D eigenvalue weighted by atomic mass is 10.1. The first kappa shape index (κ1) is 11.0. The predicted octanol–water partition coefficient (Wildman–Crippen LogP) is 2.84. The smallest absolute Gasteiger partial charge is 0.162 e. The molecule has 1 N–H and O–H groups in total. The molecule has 13 heavy (non-hydrogen) atoms. The molecule has 1 heterocycles. The zero-order valence-electron chi connectivity index (χ0n) is 8.94. The highest BCUT2D eigenvalue weighted by atomic mass is 16.5. The van der Waals surface area contributed by atoms with Crippen molar-refractivity contribution in [1.29, 1.82) is 0 Å². The summed E-state index contributed by atoms with van der Waals surface area (Å²) in [6, 6.07) is 0.642. The molecule has 2 nitrogen and oxygen atoms in total. The Kier molecular flexibility index (Phi) is 5.40. The molecule has 0 saturated carbocycles. The summed E-state index contributed by atoms with van der Waals surface area (Å²) in [6.07, 6.45) is 8.47. The molecule has 1 fully saturated rings. The number of ether oxygens (including phenoxy) is 1. The van der Waals surface area contributed by atoms with Crippen LogP contribution in [0.3, 0.4) is 0 Å². The summed E-state index contributed by atoms with van der Waals surface area (Å²) in [5.74, 6) is 0. The van der Waals surface area contributed by atoms with Gasteiger partial charge in [0.1, 0.15) is 0 Å². The van der Waals surface area contributed by atoms with Crippen molar-refractivity contribution in [1.82, 2.24) is 5.32 Å². The molecule has 1 saturated heterocycles. The van der Waals surface area contributed by atoms with Gasteiger partial charge < -0.3 is 4.74 Å². The second-order valence-electron chi connectivity index (χ2n) is 3.79. The van der Waals surface area contributed by atoms with E-state index in [0.717, 1.165) is 19.3 Å². The van der Waals surface area contributed by atoms with Crippen LogP contribution in [0.2, 0.25) is 0 Å². The van der Waals surface area contributed by atoms with Crippen LogP contribution in [0.5, 0.6) is 0 Å². The van der Waals surface area contributed by atoms with Gasteiger partial charge >= 0.3 is 0 Å². The Hall–Kier alpha value is -0.0800. The number of hydrogen-bond donors (Lipinski definition) is 1. The molecule has 77 valence electrons. The van der Waals surface area contributed by atoms with Crippen LogP contribution in [0.4, 0.5) is 0 Å². The molecule has 0 unspecified atom stereocenters. The highest BCUT2D eigenvalue weighted by Crippen LogP contribution is 2.18. The van der Waals surface area contributed by atoms with Gasteiger partial charge in [-0.2, -0.15) is 0 Å². The van der Waals surface area contributed by atoms with Gasteiger partial charge in [-0.15, -0.1) is 0 Å². The lowest BCUT2D eigenvalue weighted by Gasteiger charge is -2.20. The SMILES string of the molecule is CCCC(CCC)N[C]1CCCO1. The van der Waals surface area contributed by atoms with Gasteiger partial charge in [-0.05, 0) is 25.7 Å². The molecular weight excluding hydrogens is 162 g/mol. The Morgan fingerprint density at radius 3 is 2.46 bits per heavy atom. The van der Waals surface area contributed by atoms with E-state index in [2.05, 4.69) is 19.2 Å². The quantitative estimate of drug-likeness (QED) is 0.685. The van der Waals surface area contributed by atoms with Crippen LogP contribution >= 0.6 is 0 Å². The second kappa shape index (κ2) is 6.39. The molecule has 2 heteroatoms. The first-order valence-electron chi connectivity index (χ1n) is 5.62. The molecule has 1 radical (unpaired) electrons. The van der Waals surface area contributed by atoms with E-state index in [1.54, 1.807) is 0 Å². The van der Waals surface area contributed by atoms with Gasteiger partial charge in [-0.25, -0.2) is 0 Å². The molecule has 1 rings (SSSR count). The summed E-state index contributed by atoms with van der Waals surface area (Å²) >= 11 is 0. The molecule has 0 spiro atoms. The summed E-state index contributed by atoms with van der Waals surface area (Å²) < 4.78 is 5.48. The van der Waals surface area contributed by atoms with Gasteiger partial charge in [0.15, 0.2) is 6.23 Å². The maximum Gasteiger partial charge on any atom is 0.162 e. The standard InChI is InChI=1S/C11H22NO/c1-3-6-10(7-4-2)12-11-8-5-9-13-11/h10,12H,3-9H2,1-2H3. The van der Waals surface area contributed by atoms with Crippen molar-refractivity contribution in [3.63, 3.8) is 0 Å². The van der Waals surface area contributed by atoms with E-state index in [1.165, 1.54) is 32.1 Å². The van der Waals surface area contributed by atoms with Crippen molar-refractivity contribution in [2.24, 2.45) is 0 Å². The van der Waals surface area contributed by atoms with Crippen LogP contribution < -0.4 is 5.32 Å². The van der Waals surface area contributed by atoms with Gasteiger partial charge in [0.2, 0.25) is 0 Å². The summed E-state index contributed by atoms with van der Waals surface area (Å²) in [5, 5.41) is 3.51. The topological polar surface area (TPSA) is 21.3 Å². The average molecular weight is 184 g/mol. The Labute approximate surface area is 82.0 Å². The van der Waals surface area contributed by atoms with Gasteiger partial charge in [0, 0.05) is 12.6 Å². The minimum Gasteiger partial charge on any atom is -0.356 e. The maximum atomic E-state index is 5.48. The van der Waals surface area contributed by atoms with Crippen molar-refractivity contribution >= 4 is 0 Å². The summed E-state index contributed by atoms with van der Waals surface area (Å²) in [6.45, 7) is 5.39. The molecule has 0 bridgehead atoms. The van der Waals surface area contributed by atoms with E-state index in [9.17, 15) is 0 Å². The van der Waals surface area contributed by atoms with Crippen LogP contribution in [-0.2, 0) is 4.74 Å². The first-order chi connectivity index (χ1) is 6.36. The van der Waals surface area contributed by atoms with E-state index in [4.69, 9.17) is 4.74 Å². The number of nitrogens with one attached hydrogen (secondary N) is 1. The monoisotopic (exact) mass is 184 g/mol. The van der Waals surface area contributed by atoms with Crippen LogP contribution in [0.1, 0.15) is 52.4 Å². The summed E-state index contributed by atoms with van der Waals surface area (Å²) in [5.41, 5.74) is 0. The van der Waals surface area contributed by atoms with Crippen molar-refractivity contribution < 1.29 is 4.74 Å². The Morgan fingerprint density at radius 2 is 2.00 bits per heavy atom. The van der Waals surface area contributed by atoms with Crippen molar-refractivity contribution in [2.75, 3.05) is 6.61 Å². The third-order valence-electron chi connectivity index (χ3n) is 2.46. The molecule has 0 aromatic carbocycles. The largest absolute Gasteiger partial charge is 0.356 e. The summed E-state index contributed by atoms with van der Waals surface area (Å²) in [7, 11) is 0. The fourth-order valence-corrected chi connectivity index (χ4v) is 1.83. The van der Waals surface area contributed by atoms with E-state index in [0.29, 0.717) is 6.04 Å². The third-order valence-corrected chi connectivity index (χ3v) is 2.46. The molecule has 1 aliphatic heterocycles. The number of hydrogen-bond acceptors (Lipinski definition) is 2. The van der Waals surface area contributed by atoms with Crippen LogP contribution in [0, 0.1) is 6.23 Å². The average Bonchev–Trinajstić information content (AvgIpc) is 2.58. The molecule has 0 aromatic rings. The van der Waals surface area contributed by atoms with Gasteiger partial charge in [-0.3, -0.25) is 5.32 Å². The van der Waals surface area contributed by atoms with Crippen molar-refractivity contribution in [2.45, 2.75) is 58.4 Å². The normalized spacial score (nSPS) is 18.7. The first-order valence-corrected chi connectivity index (χ1v) is 5.62. The van der Waals surface area contributed by atoms with Gasteiger partial charge in [0.05, 0.1) is 0 Å². The Morgan fingerprint density at radius 1 is 1.31 bits per heavy atom. The van der Waals surface area contributed by atoms with E-state index in [1.807, 2.05) is 0 Å². The summed E-state index contributed by atoms with van der Waals surface area (Å²) in [4.78, 5) is 0. The van der Waals surface area contributed by atoms with Gasteiger partial charge in [-0.1, -0.05) is 26.7 Å². The molecule has 1 aliphatic rings. The Bertz CT molecular complexity index is 115. The maximum absolute atomic E-state index is 5.48. The molecule has 0 atom stereocenters. The van der Waals surface area contributed by atoms with E-state index in [-0.39, 0.29) is 0 Å². The van der Waals surface area contributed by atoms with Crippen LogP contribution in [-0.4, -0.2) is 12.6 Å². The zero-order chi connectivity index (χ0) is 9.52. The molecule has 0 aliphatic carbocycles. The lowest BCUT2D eigenvalue weighted by molar-refractivity contribution is 0.159. The Balaban J connectivity index is 2.19. The molecule has 0 aromatic heterocycles. The van der Waals surface area contributed by atoms with Crippen molar-refractivity contribution in [3.8, 4) is 0 Å². The van der Waals surface area contributed by atoms with Crippen LogP contribution in [0.15, 0.2) is 0 Å². The minimum atomic E-state index is 0.642. The fourth-order valence-electron chi connectivity index (χ4n) is 1.83. The van der Waals surface area contributed by atoms with Crippen molar-refractivity contribution in [3.05, 3.63) is 6.23 Å². The zero-order valence-corrected chi connectivity index (χ0v) is 8.94. The van der Waals surface area contributed by atoms with E-state index < -0.39 is 0 Å². The van der Waals surface area contributed by atoms with Gasteiger partial charge in [0.25, 0.3) is 0 Å². The fraction of sp³-hybridized carbons (Fsp3) is 0.909. The highest BCUT2D eigenvalue weighted by Gasteiger charge is 2.19. The third kappa shape index (κ3) is 4.10. The second-order valence-corrected chi connectivity index (χ2v) is 3.79. The minimum absolute atomic E-state index is 0.642. The van der Waals surface area contributed by atoms with E-state index >= 15 is 0 Å². The lowest BCUT2D eigenvalue weighted by Crippen LogP contribution is -2.32. The number of rotatable bonds is 6.